The van der Waals surface area contributed by atoms with Crippen molar-refractivity contribution in [3.63, 3.8) is 0 Å². The number of nitrogens with zero attached hydrogens (tertiary/aromatic N) is 2. The fraction of sp³-hybridized carbons (Fsp3) is 0.174. The molecule has 0 bridgehead atoms. The Bertz CT molecular complexity index is 1520. The summed E-state index contributed by atoms with van der Waals surface area (Å²) in [6, 6.07) is 7.78. The topological polar surface area (TPSA) is 153 Å². The van der Waals surface area contributed by atoms with Crippen LogP contribution < -0.4 is 17.2 Å². The van der Waals surface area contributed by atoms with E-state index in [0.717, 1.165) is 63.3 Å². The maximum atomic E-state index is 11.3. The van der Waals surface area contributed by atoms with Gasteiger partial charge in [0.1, 0.15) is 11.5 Å². The SMILES string of the molecule is Cc1noc(C)c1-c1cc(I)c2[nH]c(=O)[nH]c2c1.Cc1noc(C)c1-c1cc(N)c(N)c(I)c1. The van der Waals surface area contributed by atoms with Gasteiger partial charge in [-0.2, -0.15) is 0 Å². The third-order valence-electron chi connectivity index (χ3n) is 5.38. The molecule has 6 N–H and O–H groups in total. The van der Waals surface area contributed by atoms with Crippen LogP contribution in [-0.2, 0) is 0 Å². The number of rotatable bonds is 2. The van der Waals surface area contributed by atoms with E-state index in [1.165, 1.54) is 0 Å². The van der Waals surface area contributed by atoms with Gasteiger partial charge in [-0.15, -0.1) is 0 Å². The molecule has 0 saturated carbocycles. The summed E-state index contributed by atoms with van der Waals surface area (Å²) in [5.74, 6) is 1.57. The average molecular weight is 684 g/mol. The number of benzene rings is 2. The van der Waals surface area contributed by atoms with Gasteiger partial charge in [0.2, 0.25) is 0 Å². The molecule has 11 heteroatoms. The minimum Gasteiger partial charge on any atom is -0.397 e. The second-order valence-corrected chi connectivity index (χ2v) is 10.1. The summed E-state index contributed by atoms with van der Waals surface area (Å²) >= 11 is 4.37. The molecule has 0 fully saturated rings. The molecular formula is C23H22I2N6O3. The molecule has 0 spiro atoms. The zero-order valence-corrected chi connectivity index (χ0v) is 23.2. The number of fused-ring (bicyclic) bond motifs is 1. The Morgan fingerprint density at radius 3 is 1.82 bits per heavy atom. The first-order chi connectivity index (χ1) is 16.1. The molecule has 0 aliphatic rings. The van der Waals surface area contributed by atoms with Crippen LogP contribution in [0.25, 0.3) is 33.3 Å². The maximum absolute atomic E-state index is 11.3. The highest BCUT2D eigenvalue weighted by Crippen LogP contribution is 2.33. The van der Waals surface area contributed by atoms with Crippen LogP contribution in [0.4, 0.5) is 11.4 Å². The molecule has 0 unspecified atom stereocenters. The fourth-order valence-corrected chi connectivity index (χ4v) is 5.23. The lowest BCUT2D eigenvalue weighted by atomic mass is 10.0. The van der Waals surface area contributed by atoms with E-state index in [2.05, 4.69) is 65.5 Å². The van der Waals surface area contributed by atoms with Crippen molar-refractivity contribution in [3.8, 4) is 22.3 Å². The monoisotopic (exact) mass is 684 g/mol. The molecule has 5 aromatic rings. The van der Waals surface area contributed by atoms with Gasteiger partial charge in [0.05, 0.1) is 33.8 Å². The highest BCUT2D eigenvalue weighted by Gasteiger charge is 2.15. The van der Waals surface area contributed by atoms with Crippen LogP contribution in [-0.4, -0.2) is 20.3 Å². The quantitative estimate of drug-likeness (QED) is 0.142. The Balaban J connectivity index is 0.000000162. The number of nitrogens with two attached hydrogens (primary N) is 2. The van der Waals surface area contributed by atoms with Gasteiger partial charge in [0.15, 0.2) is 0 Å². The van der Waals surface area contributed by atoms with Crippen molar-refractivity contribution in [2.24, 2.45) is 0 Å². The molecule has 0 aliphatic heterocycles. The van der Waals surface area contributed by atoms with Gasteiger partial charge in [-0.1, -0.05) is 10.3 Å². The Kier molecular flexibility index (Phi) is 6.75. The van der Waals surface area contributed by atoms with Crippen LogP contribution in [0.2, 0.25) is 0 Å². The van der Waals surface area contributed by atoms with E-state index < -0.39 is 0 Å². The lowest BCUT2D eigenvalue weighted by Gasteiger charge is -2.07. The molecular weight excluding hydrogens is 662 g/mol. The number of aromatic nitrogens is 4. The van der Waals surface area contributed by atoms with Crippen LogP contribution in [0.15, 0.2) is 38.1 Å². The van der Waals surface area contributed by atoms with E-state index in [9.17, 15) is 4.79 Å². The van der Waals surface area contributed by atoms with Crippen LogP contribution in [0.5, 0.6) is 0 Å². The number of hydrogen-bond acceptors (Lipinski definition) is 7. The minimum atomic E-state index is -0.196. The first-order valence-electron chi connectivity index (χ1n) is 10.2. The summed E-state index contributed by atoms with van der Waals surface area (Å²) in [5, 5.41) is 7.88. The second-order valence-electron chi connectivity index (χ2n) is 7.82. The number of hydrogen-bond donors (Lipinski definition) is 4. The number of imidazole rings is 1. The van der Waals surface area contributed by atoms with Gasteiger partial charge in [0.25, 0.3) is 0 Å². The smallest absolute Gasteiger partial charge is 0.323 e. The molecule has 34 heavy (non-hydrogen) atoms. The lowest BCUT2D eigenvalue weighted by Crippen LogP contribution is -1.99. The standard InChI is InChI=1S/C12H10IN3O2.C11H12IN3O/c1-5-10(6(2)18-16-5)7-3-8(13)11-9(4-7)14-12(17)15-11;1-5-10(6(2)16-15-5)7-3-8(12)11(14)9(13)4-7/h3-4H,1-2H3,(H2,14,15,17);3-4H,13-14H2,1-2H3. The van der Waals surface area contributed by atoms with Gasteiger partial charge in [-0.25, -0.2) is 4.79 Å². The number of nitrogens with one attached hydrogen (secondary N) is 2. The van der Waals surface area contributed by atoms with E-state index in [4.69, 9.17) is 20.5 Å². The largest absolute Gasteiger partial charge is 0.397 e. The summed E-state index contributed by atoms with van der Waals surface area (Å²) in [6.45, 7) is 7.58. The Hall–Kier alpha value is -2.81. The van der Waals surface area contributed by atoms with Gasteiger partial charge >= 0.3 is 5.69 Å². The Morgan fingerprint density at radius 2 is 1.32 bits per heavy atom. The molecule has 0 aliphatic carbocycles. The van der Waals surface area contributed by atoms with Crippen molar-refractivity contribution in [2.45, 2.75) is 27.7 Å². The molecule has 2 aromatic carbocycles. The number of nitrogen functional groups attached to an aromatic ring is 2. The molecule has 5 rings (SSSR count). The number of H-pyrrole nitrogens is 2. The highest BCUT2D eigenvalue weighted by atomic mass is 127. The van der Waals surface area contributed by atoms with Crippen molar-refractivity contribution in [1.82, 2.24) is 20.3 Å². The van der Waals surface area contributed by atoms with Crippen LogP contribution in [0, 0.1) is 34.8 Å². The van der Waals surface area contributed by atoms with E-state index in [0.29, 0.717) is 11.4 Å². The van der Waals surface area contributed by atoms with E-state index in [1.807, 2.05) is 52.0 Å². The zero-order valence-electron chi connectivity index (χ0n) is 18.8. The second kappa shape index (κ2) is 9.44. The van der Waals surface area contributed by atoms with Crippen LogP contribution in [0.1, 0.15) is 22.9 Å². The fourth-order valence-electron chi connectivity index (χ4n) is 3.82. The van der Waals surface area contributed by atoms with Gasteiger partial charge in [0, 0.05) is 18.3 Å². The number of halogens is 2. The van der Waals surface area contributed by atoms with Crippen LogP contribution >= 0.6 is 45.2 Å². The van der Waals surface area contributed by atoms with Crippen molar-refractivity contribution in [1.29, 1.82) is 0 Å². The maximum Gasteiger partial charge on any atom is 0.323 e. The third kappa shape index (κ3) is 4.58. The van der Waals surface area contributed by atoms with Gasteiger partial charge in [-0.05, 0) is 108 Å². The van der Waals surface area contributed by atoms with E-state index in [1.54, 1.807) is 0 Å². The van der Waals surface area contributed by atoms with Crippen molar-refractivity contribution in [2.75, 3.05) is 11.5 Å². The molecule has 3 heterocycles. The zero-order chi connectivity index (χ0) is 24.7. The molecule has 0 amide bonds. The summed E-state index contributed by atoms with van der Waals surface area (Å²) in [4.78, 5) is 16.9. The third-order valence-corrected chi connectivity index (χ3v) is 7.13. The Morgan fingerprint density at radius 1 is 0.794 bits per heavy atom. The van der Waals surface area contributed by atoms with Gasteiger partial charge in [-0.3, -0.25) is 0 Å². The number of aryl methyl sites for hydroxylation is 4. The van der Waals surface area contributed by atoms with Gasteiger partial charge < -0.3 is 30.5 Å². The van der Waals surface area contributed by atoms with E-state index in [-0.39, 0.29) is 5.69 Å². The average Bonchev–Trinajstić information content (AvgIpc) is 3.42. The summed E-state index contributed by atoms with van der Waals surface area (Å²) in [5.41, 5.74) is 20.0. The minimum absolute atomic E-state index is 0.196. The predicted molar refractivity (Wildman–Crippen MR) is 150 cm³/mol. The predicted octanol–water partition coefficient (Wildman–Crippen LogP) is 5.46. The van der Waals surface area contributed by atoms with Crippen molar-refractivity contribution >= 4 is 67.6 Å². The molecule has 176 valence electrons. The molecule has 0 atom stereocenters. The van der Waals surface area contributed by atoms with Crippen molar-refractivity contribution < 1.29 is 9.05 Å². The summed E-state index contributed by atoms with van der Waals surface area (Å²) < 4.78 is 12.2. The van der Waals surface area contributed by atoms with Crippen molar-refractivity contribution in [3.05, 3.63) is 64.8 Å². The highest BCUT2D eigenvalue weighted by molar-refractivity contribution is 14.1. The summed E-state index contributed by atoms with van der Waals surface area (Å²) in [6.07, 6.45) is 0. The van der Waals surface area contributed by atoms with E-state index >= 15 is 0 Å². The first kappa shape index (κ1) is 24.3. The first-order valence-corrected chi connectivity index (χ1v) is 12.3. The van der Waals surface area contributed by atoms with Crippen LogP contribution in [0.3, 0.4) is 0 Å². The normalized spacial score (nSPS) is 11.0. The molecule has 3 aromatic heterocycles. The lowest BCUT2D eigenvalue weighted by molar-refractivity contribution is 0.393. The number of aromatic amines is 2. The summed E-state index contributed by atoms with van der Waals surface area (Å²) in [7, 11) is 0. The molecule has 0 saturated heterocycles. The molecule has 0 radical (unpaired) electrons. The Labute approximate surface area is 221 Å². The molecule has 9 nitrogen and oxygen atoms in total. The number of anilines is 2.